The van der Waals surface area contributed by atoms with E-state index in [1.165, 1.54) is 0 Å². The van der Waals surface area contributed by atoms with Gasteiger partial charge >= 0.3 is 0 Å². The average Bonchev–Trinajstić information content (AvgIpc) is 2.49. The molecule has 0 spiro atoms. The molecule has 20 heavy (non-hydrogen) atoms. The zero-order chi connectivity index (χ0) is 14.8. The summed E-state index contributed by atoms with van der Waals surface area (Å²) in [6.45, 7) is -0.0597. The van der Waals surface area contributed by atoms with Crippen LogP contribution in [-0.4, -0.2) is 36.4 Å². The zero-order valence-electron chi connectivity index (χ0n) is 11.3. The number of amides is 2. The third kappa shape index (κ3) is 5.33. The molecule has 2 N–H and O–H groups in total. The van der Waals surface area contributed by atoms with Crippen LogP contribution in [0.1, 0.15) is 16.8 Å². The van der Waals surface area contributed by atoms with Gasteiger partial charge in [-0.3, -0.25) is 9.59 Å². The van der Waals surface area contributed by atoms with Crippen LogP contribution in [0.5, 0.6) is 0 Å². The summed E-state index contributed by atoms with van der Waals surface area (Å²) in [5, 5.41) is 13.7. The number of nitrogens with zero attached hydrogens (tertiary/aromatic N) is 1. The molecule has 0 radical (unpaired) electrons. The Morgan fingerprint density at radius 3 is 2.65 bits per heavy atom. The minimum absolute atomic E-state index is 0.0597. The molecular formula is C14H17N3O2S. The maximum Gasteiger partial charge on any atom is 0.251 e. The molecule has 0 aliphatic carbocycles. The zero-order valence-corrected chi connectivity index (χ0v) is 12.1. The Morgan fingerprint density at radius 2 is 2.05 bits per heavy atom. The van der Waals surface area contributed by atoms with Gasteiger partial charge in [-0.15, -0.1) is 0 Å². The van der Waals surface area contributed by atoms with Gasteiger partial charge in [-0.2, -0.15) is 17.0 Å². The third-order valence-corrected chi connectivity index (χ3v) is 3.25. The summed E-state index contributed by atoms with van der Waals surface area (Å²) < 4.78 is 0. The highest BCUT2D eigenvalue weighted by atomic mass is 32.2. The minimum Gasteiger partial charge on any atom is -0.341 e. The van der Waals surface area contributed by atoms with E-state index in [4.69, 9.17) is 5.26 Å². The summed E-state index contributed by atoms with van der Waals surface area (Å²) >= 11 is 1.60. The first-order valence-electron chi connectivity index (χ1n) is 6.18. The van der Waals surface area contributed by atoms with Gasteiger partial charge in [-0.1, -0.05) is 18.2 Å². The monoisotopic (exact) mass is 291 g/mol. The van der Waals surface area contributed by atoms with Gasteiger partial charge < -0.3 is 10.6 Å². The van der Waals surface area contributed by atoms with Crippen LogP contribution in [0, 0.1) is 11.3 Å². The molecule has 1 atom stereocenters. The Hall–Kier alpha value is -2.00. The van der Waals surface area contributed by atoms with E-state index >= 15 is 0 Å². The highest BCUT2D eigenvalue weighted by Gasteiger charge is 2.20. The average molecular weight is 291 g/mol. The van der Waals surface area contributed by atoms with E-state index in [0.717, 1.165) is 5.75 Å². The van der Waals surface area contributed by atoms with Crippen LogP contribution >= 0.6 is 11.8 Å². The predicted molar refractivity (Wildman–Crippen MR) is 79.3 cm³/mol. The van der Waals surface area contributed by atoms with E-state index in [0.29, 0.717) is 12.0 Å². The Morgan fingerprint density at radius 1 is 1.35 bits per heavy atom. The van der Waals surface area contributed by atoms with Crippen molar-refractivity contribution in [2.24, 2.45) is 0 Å². The molecule has 106 valence electrons. The van der Waals surface area contributed by atoms with E-state index in [1.54, 1.807) is 36.0 Å². The number of hydrogen-bond acceptors (Lipinski definition) is 4. The van der Waals surface area contributed by atoms with Gasteiger partial charge in [0, 0.05) is 5.56 Å². The van der Waals surface area contributed by atoms with Crippen molar-refractivity contribution in [1.82, 2.24) is 10.6 Å². The molecule has 1 aromatic carbocycles. The number of thioether (sulfide) groups is 1. The molecule has 0 aliphatic rings. The molecule has 0 saturated carbocycles. The van der Waals surface area contributed by atoms with E-state index in [9.17, 15) is 9.59 Å². The molecule has 0 aromatic heterocycles. The van der Waals surface area contributed by atoms with Gasteiger partial charge in [-0.25, -0.2) is 0 Å². The van der Waals surface area contributed by atoms with Crippen LogP contribution in [-0.2, 0) is 4.79 Å². The molecule has 6 heteroatoms. The standard InChI is InChI=1S/C14H17N3O2S/c1-20-10-7-12(14(19)16-9-8-15)17-13(18)11-5-3-2-4-6-11/h2-6,12H,7,9-10H2,1H3,(H,16,19)(H,17,18)/t12-/m0/s1. The SMILES string of the molecule is CSCC[C@H](NC(=O)c1ccccc1)C(=O)NCC#N. The second-order valence-electron chi connectivity index (χ2n) is 4.05. The van der Waals surface area contributed by atoms with Gasteiger partial charge in [0.15, 0.2) is 0 Å². The van der Waals surface area contributed by atoms with Crippen molar-refractivity contribution < 1.29 is 9.59 Å². The van der Waals surface area contributed by atoms with Crippen molar-refractivity contribution in [3.05, 3.63) is 35.9 Å². The summed E-state index contributed by atoms with van der Waals surface area (Å²) in [5.74, 6) is 0.133. The molecule has 0 heterocycles. The number of nitrogens with one attached hydrogen (secondary N) is 2. The van der Waals surface area contributed by atoms with Crippen molar-refractivity contribution in [3.8, 4) is 6.07 Å². The summed E-state index contributed by atoms with van der Waals surface area (Å²) in [6.07, 6.45) is 2.46. The lowest BCUT2D eigenvalue weighted by Crippen LogP contribution is -2.47. The van der Waals surface area contributed by atoms with Gasteiger partial charge in [0.2, 0.25) is 5.91 Å². The highest BCUT2D eigenvalue weighted by Crippen LogP contribution is 2.04. The smallest absolute Gasteiger partial charge is 0.251 e. The van der Waals surface area contributed by atoms with Crippen molar-refractivity contribution in [3.63, 3.8) is 0 Å². The minimum atomic E-state index is -0.622. The lowest BCUT2D eigenvalue weighted by atomic mass is 10.1. The van der Waals surface area contributed by atoms with Gasteiger partial charge in [0.25, 0.3) is 5.91 Å². The van der Waals surface area contributed by atoms with Crippen LogP contribution in [0.3, 0.4) is 0 Å². The van der Waals surface area contributed by atoms with E-state index in [1.807, 2.05) is 18.4 Å². The molecule has 2 amide bonds. The number of benzene rings is 1. The van der Waals surface area contributed by atoms with Gasteiger partial charge in [0.05, 0.1) is 6.07 Å². The van der Waals surface area contributed by atoms with Crippen LogP contribution in [0.2, 0.25) is 0 Å². The molecule has 0 saturated heterocycles. The molecule has 0 unspecified atom stereocenters. The molecule has 0 bridgehead atoms. The number of carbonyl (C=O) groups is 2. The predicted octanol–water partition coefficient (Wildman–Crippen LogP) is 1.18. The van der Waals surface area contributed by atoms with Crippen molar-refractivity contribution in [2.75, 3.05) is 18.6 Å². The molecule has 5 nitrogen and oxygen atoms in total. The van der Waals surface area contributed by atoms with Gasteiger partial charge in [0.1, 0.15) is 12.6 Å². The fourth-order valence-electron chi connectivity index (χ4n) is 1.59. The van der Waals surface area contributed by atoms with E-state index in [2.05, 4.69) is 10.6 Å². The third-order valence-electron chi connectivity index (χ3n) is 2.61. The molecule has 1 aromatic rings. The first kappa shape index (κ1) is 16.1. The maximum absolute atomic E-state index is 12.0. The Kier molecular flexibility index (Phi) is 7.22. The number of rotatable bonds is 7. The summed E-state index contributed by atoms with van der Waals surface area (Å²) in [4.78, 5) is 23.9. The van der Waals surface area contributed by atoms with Crippen molar-refractivity contribution in [2.45, 2.75) is 12.5 Å². The number of nitriles is 1. The van der Waals surface area contributed by atoms with Crippen LogP contribution < -0.4 is 10.6 Å². The van der Waals surface area contributed by atoms with Crippen molar-refractivity contribution >= 4 is 23.6 Å². The lowest BCUT2D eigenvalue weighted by molar-refractivity contribution is -0.122. The highest BCUT2D eigenvalue weighted by molar-refractivity contribution is 7.98. The molecular weight excluding hydrogens is 274 g/mol. The van der Waals surface area contributed by atoms with Crippen LogP contribution in [0.25, 0.3) is 0 Å². The van der Waals surface area contributed by atoms with E-state index in [-0.39, 0.29) is 18.4 Å². The fourth-order valence-corrected chi connectivity index (χ4v) is 2.06. The van der Waals surface area contributed by atoms with E-state index < -0.39 is 6.04 Å². The number of hydrogen-bond donors (Lipinski definition) is 2. The first-order valence-corrected chi connectivity index (χ1v) is 7.58. The van der Waals surface area contributed by atoms with Gasteiger partial charge in [-0.05, 0) is 30.6 Å². The van der Waals surface area contributed by atoms with Crippen LogP contribution in [0.15, 0.2) is 30.3 Å². The number of carbonyl (C=O) groups excluding carboxylic acids is 2. The largest absolute Gasteiger partial charge is 0.341 e. The Balaban J connectivity index is 2.66. The van der Waals surface area contributed by atoms with Crippen molar-refractivity contribution in [1.29, 1.82) is 5.26 Å². The summed E-state index contributed by atoms with van der Waals surface area (Å²) in [6, 6.07) is 9.95. The second-order valence-corrected chi connectivity index (χ2v) is 5.04. The Bertz CT molecular complexity index is 485. The molecule has 0 aliphatic heterocycles. The lowest BCUT2D eigenvalue weighted by Gasteiger charge is -2.17. The topological polar surface area (TPSA) is 82.0 Å². The molecule has 1 rings (SSSR count). The Labute approximate surface area is 122 Å². The summed E-state index contributed by atoms with van der Waals surface area (Å²) in [5.41, 5.74) is 0.509. The van der Waals surface area contributed by atoms with Crippen LogP contribution in [0.4, 0.5) is 0 Å². The molecule has 0 fully saturated rings. The quantitative estimate of drug-likeness (QED) is 0.739. The second kappa shape index (κ2) is 8.99. The fraction of sp³-hybridized carbons (Fsp3) is 0.357. The maximum atomic E-state index is 12.0. The summed E-state index contributed by atoms with van der Waals surface area (Å²) in [7, 11) is 0. The first-order chi connectivity index (χ1) is 9.69. The normalized spacial score (nSPS) is 11.2.